The van der Waals surface area contributed by atoms with Crippen molar-refractivity contribution in [1.82, 2.24) is 0 Å². The minimum absolute atomic E-state index is 1.09. The normalized spacial score (nSPS) is 10.0. The maximum atomic E-state index is 3.87. The van der Waals surface area contributed by atoms with E-state index < -0.39 is 0 Å². The summed E-state index contributed by atoms with van der Waals surface area (Å²) in [5, 5.41) is 0. The summed E-state index contributed by atoms with van der Waals surface area (Å²) in [6.45, 7) is 22.3. The maximum absolute atomic E-state index is 3.87. The summed E-state index contributed by atoms with van der Waals surface area (Å²) < 4.78 is 0. The Hall–Kier alpha value is -1.56. The lowest BCUT2D eigenvalue weighted by Crippen LogP contribution is -1.81. The molecule has 0 amide bonds. The van der Waals surface area contributed by atoms with Gasteiger partial charge in [-0.2, -0.15) is 0 Å². The van der Waals surface area contributed by atoms with Crippen LogP contribution in [-0.4, -0.2) is 0 Å². The van der Waals surface area contributed by atoms with Crippen LogP contribution < -0.4 is 0 Å². The molecule has 1 aromatic carbocycles. The average molecular weight is 303 g/mol. The molecule has 0 fully saturated rings. The molecule has 0 bridgehead atoms. The number of benzene rings is 1. The monoisotopic (exact) mass is 302 g/mol. The van der Waals surface area contributed by atoms with E-state index in [0.29, 0.717) is 0 Å². The lowest BCUT2D eigenvalue weighted by Gasteiger charge is -2.02. The Kier molecular flexibility index (Phi) is 22.4. The molecule has 0 saturated heterocycles. The van der Waals surface area contributed by atoms with Gasteiger partial charge in [-0.15, -0.1) is 0 Å². The standard InChI is InChI=1S/C16H20.3C2H6/c1-5-13(3)7-10-15(6-2)16-11-8-14(4)9-12-16;3*1-2/h6-12H,2,5H2,1,3-4H3;3*1-2H3/b13-7-,15-10+;;;. The fourth-order valence-electron chi connectivity index (χ4n) is 1.38. The zero-order chi connectivity index (χ0) is 18.0. The summed E-state index contributed by atoms with van der Waals surface area (Å²) in [7, 11) is 0. The second-order valence-corrected chi connectivity index (χ2v) is 4.06. The molecule has 0 saturated carbocycles. The molecule has 0 aliphatic carbocycles. The third-order valence-corrected chi connectivity index (χ3v) is 2.71. The lowest BCUT2D eigenvalue weighted by atomic mass is 10.0. The van der Waals surface area contributed by atoms with E-state index in [-0.39, 0.29) is 0 Å². The molecular weight excluding hydrogens is 264 g/mol. The molecule has 22 heavy (non-hydrogen) atoms. The smallest absolute Gasteiger partial charge is 0.0184 e. The second kappa shape index (κ2) is 19.4. The molecule has 0 heteroatoms. The number of hydrogen-bond donors (Lipinski definition) is 0. The first-order chi connectivity index (χ1) is 10.7. The van der Waals surface area contributed by atoms with Gasteiger partial charge in [-0.25, -0.2) is 0 Å². The average Bonchev–Trinajstić information content (AvgIpc) is 2.62. The van der Waals surface area contributed by atoms with Crippen molar-refractivity contribution in [2.45, 2.75) is 68.7 Å². The van der Waals surface area contributed by atoms with Gasteiger partial charge in [0.25, 0.3) is 0 Å². The van der Waals surface area contributed by atoms with Crippen LogP contribution in [0.2, 0.25) is 0 Å². The molecule has 0 unspecified atom stereocenters. The minimum Gasteiger partial charge on any atom is -0.0984 e. The Balaban J connectivity index is -0.000000535. The van der Waals surface area contributed by atoms with Crippen molar-refractivity contribution in [1.29, 1.82) is 0 Å². The number of aryl methyl sites for hydroxylation is 1. The van der Waals surface area contributed by atoms with Crippen molar-refractivity contribution in [3.05, 3.63) is 65.8 Å². The topological polar surface area (TPSA) is 0 Å². The molecule has 0 heterocycles. The SMILES string of the molecule is C=C/C(=C\C=C(\C)CC)c1ccc(C)cc1.CC.CC.CC. The van der Waals surface area contributed by atoms with Gasteiger partial charge >= 0.3 is 0 Å². The first-order valence-electron chi connectivity index (χ1n) is 8.74. The van der Waals surface area contributed by atoms with Gasteiger partial charge in [-0.05, 0) is 31.4 Å². The van der Waals surface area contributed by atoms with E-state index in [0.717, 1.165) is 6.42 Å². The Morgan fingerprint density at radius 3 is 1.73 bits per heavy atom. The molecule has 1 rings (SSSR count). The molecule has 0 aliphatic heterocycles. The van der Waals surface area contributed by atoms with Crippen LogP contribution in [0.3, 0.4) is 0 Å². The first kappa shape index (κ1) is 25.4. The Morgan fingerprint density at radius 2 is 1.36 bits per heavy atom. The molecular formula is C22H38. The highest BCUT2D eigenvalue weighted by atomic mass is 14.0. The van der Waals surface area contributed by atoms with Crippen LogP contribution in [0.25, 0.3) is 5.57 Å². The number of rotatable bonds is 4. The molecule has 126 valence electrons. The summed E-state index contributed by atoms with van der Waals surface area (Å²) in [5.41, 5.74) is 5.06. The Labute approximate surface area is 140 Å². The maximum Gasteiger partial charge on any atom is -0.0184 e. The third-order valence-electron chi connectivity index (χ3n) is 2.71. The summed E-state index contributed by atoms with van der Waals surface area (Å²) in [4.78, 5) is 0. The highest BCUT2D eigenvalue weighted by molar-refractivity contribution is 5.74. The van der Waals surface area contributed by atoms with Crippen LogP contribution in [-0.2, 0) is 0 Å². The predicted octanol–water partition coefficient (Wildman–Crippen LogP) is 8.00. The summed E-state index contributed by atoms with van der Waals surface area (Å²) in [6, 6.07) is 8.53. The molecule has 0 N–H and O–H groups in total. The van der Waals surface area contributed by atoms with Crippen molar-refractivity contribution in [2.75, 3.05) is 0 Å². The van der Waals surface area contributed by atoms with Gasteiger partial charge in [0.2, 0.25) is 0 Å². The summed E-state index contributed by atoms with van der Waals surface area (Å²) in [5.74, 6) is 0. The third kappa shape index (κ3) is 12.2. The minimum atomic E-state index is 1.09. The molecule has 0 aromatic heterocycles. The van der Waals surface area contributed by atoms with Crippen molar-refractivity contribution < 1.29 is 0 Å². The molecule has 0 radical (unpaired) electrons. The van der Waals surface area contributed by atoms with Crippen molar-refractivity contribution in [3.63, 3.8) is 0 Å². The first-order valence-corrected chi connectivity index (χ1v) is 8.74. The highest BCUT2D eigenvalue weighted by Crippen LogP contribution is 2.16. The van der Waals surface area contributed by atoms with Crippen molar-refractivity contribution in [2.24, 2.45) is 0 Å². The number of allylic oxidation sites excluding steroid dienone is 5. The van der Waals surface area contributed by atoms with E-state index in [4.69, 9.17) is 0 Å². The van der Waals surface area contributed by atoms with Gasteiger partial charge in [0.15, 0.2) is 0 Å². The second-order valence-electron chi connectivity index (χ2n) is 4.06. The zero-order valence-corrected chi connectivity index (χ0v) is 16.5. The molecule has 0 aliphatic rings. The van der Waals surface area contributed by atoms with Gasteiger partial charge in [-0.1, -0.05) is 109 Å². The van der Waals surface area contributed by atoms with Crippen LogP contribution in [0, 0.1) is 6.92 Å². The van der Waals surface area contributed by atoms with Crippen LogP contribution in [0.15, 0.2) is 54.6 Å². The molecule has 0 atom stereocenters. The van der Waals surface area contributed by atoms with Crippen molar-refractivity contribution >= 4 is 5.57 Å². The molecule has 0 spiro atoms. The lowest BCUT2D eigenvalue weighted by molar-refractivity contribution is 1.10. The summed E-state index contributed by atoms with van der Waals surface area (Å²) in [6.07, 6.45) is 7.30. The van der Waals surface area contributed by atoms with Crippen LogP contribution >= 0.6 is 0 Å². The zero-order valence-electron chi connectivity index (χ0n) is 16.5. The molecule has 1 aromatic rings. The fraction of sp³-hybridized carbons (Fsp3) is 0.455. The van der Waals surface area contributed by atoms with E-state index >= 15 is 0 Å². The Bertz CT molecular complexity index is 402. The summed E-state index contributed by atoms with van der Waals surface area (Å²) >= 11 is 0. The quantitative estimate of drug-likeness (QED) is 0.494. The van der Waals surface area contributed by atoms with E-state index in [9.17, 15) is 0 Å². The van der Waals surface area contributed by atoms with E-state index in [1.807, 2.05) is 47.6 Å². The van der Waals surface area contributed by atoms with Crippen molar-refractivity contribution in [3.8, 4) is 0 Å². The van der Waals surface area contributed by atoms with Gasteiger partial charge in [0.1, 0.15) is 0 Å². The van der Waals surface area contributed by atoms with Gasteiger partial charge in [0.05, 0.1) is 0 Å². The van der Waals surface area contributed by atoms with Gasteiger partial charge in [0, 0.05) is 0 Å². The molecule has 0 nitrogen and oxygen atoms in total. The largest absolute Gasteiger partial charge is 0.0984 e. The van der Waals surface area contributed by atoms with Gasteiger partial charge < -0.3 is 0 Å². The number of hydrogen-bond acceptors (Lipinski definition) is 0. The van der Waals surface area contributed by atoms with E-state index in [2.05, 4.69) is 63.8 Å². The predicted molar refractivity (Wildman–Crippen MR) is 107 cm³/mol. The van der Waals surface area contributed by atoms with E-state index in [1.54, 1.807) is 0 Å². The highest BCUT2D eigenvalue weighted by Gasteiger charge is 1.95. The van der Waals surface area contributed by atoms with E-state index in [1.165, 1.54) is 22.3 Å². The Morgan fingerprint density at radius 1 is 0.909 bits per heavy atom. The van der Waals surface area contributed by atoms with Crippen LogP contribution in [0.5, 0.6) is 0 Å². The van der Waals surface area contributed by atoms with Crippen LogP contribution in [0.1, 0.15) is 72.9 Å². The fourth-order valence-corrected chi connectivity index (χ4v) is 1.38. The van der Waals surface area contributed by atoms with Crippen LogP contribution in [0.4, 0.5) is 0 Å². The van der Waals surface area contributed by atoms with Gasteiger partial charge in [-0.3, -0.25) is 0 Å².